The molecule has 0 spiro atoms. The topological polar surface area (TPSA) is 45.5 Å². The van der Waals surface area contributed by atoms with Crippen LogP contribution in [0.5, 0.6) is 0 Å². The van der Waals surface area contributed by atoms with E-state index in [1.165, 1.54) is 22.3 Å². The second-order valence-corrected chi connectivity index (χ2v) is 7.88. The largest absolute Gasteiger partial charge is 0.352 e. The van der Waals surface area contributed by atoms with Gasteiger partial charge in [0.25, 0.3) is 0 Å². The van der Waals surface area contributed by atoms with Crippen molar-refractivity contribution in [2.24, 2.45) is 12.0 Å². The van der Waals surface area contributed by atoms with Gasteiger partial charge < -0.3 is 10.2 Å². The summed E-state index contributed by atoms with van der Waals surface area (Å²) in [6.45, 7) is 2.68. The zero-order valence-corrected chi connectivity index (χ0v) is 20.3. The second-order valence-electron chi connectivity index (χ2n) is 7.44. The molecule has 4 rings (SSSR count). The van der Waals surface area contributed by atoms with Crippen molar-refractivity contribution in [1.82, 2.24) is 20.0 Å². The van der Waals surface area contributed by atoms with E-state index in [1.54, 1.807) is 0 Å². The molecule has 0 radical (unpaired) electrons. The van der Waals surface area contributed by atoms with Crippen LogP contribution >= 0.6 is 35.6 Å². The first-order chi connectivity index (χ1) is 14.1. The van der Waals surface area contributed by atoms with Crippen LogP contribution in [-0.4, -0.2) is 40.8 Å². The van der Waals surface area contributed by atoms with Crippen molar-refractivity contribution in [2.75, 3.05) is 20.1 Å². The zero-order valence-electron chi connectivity index (χ0n) is 17.3. The third kappa shape index (κ3) is 5.16. The summed E-state index contributed by atoms with van der Waals surface area (Å²) in [4.78, 5) is 6.86. The molecule has 3 aromatic rings. The van der Waals surface area contributed by atoms with Crippen LogP contribution in [0, 0.1) is 0 Å². The molecule has 1 saturated heterocycles. The van der Waals surface area contributed by atoms with E-state index in [2.05, 4.69) is 62.9 Å². The lowest BCUT2D eigenvalue weighted by molar-refractivity contribution is 0.486. The van der Waals surface area contributed by atoms with Crippen molar-refractivity contribution in [3.8, 4) is 11.1 Å². The summed E-state index contributed by atoms with van der Waals surface area (Å²) in [7, 11) is 3.82. The Labute approximate surface area is 200 Å². The molecule has 1 unspecified atom stereocenters. The van der Waals surface area contributed by atoms with Gasteiger partial charge in [0.15, 0.2) is 5.96 Å². The highest BCUT2D eigenvalue weighted by Crippen LogP contribution is 2.27. The molecule has 30 heavy (non-hydrogen) atoms. The molecule has 5 nitrogen and oxygen atoms in total. The van der Waals surface area contributed by atoms with E-state index in [4.69, 9.17) is 11.6 Å². The SMILES string of the molecule is CN=C(NCc1ccccc1-c1ccc(Cl)cc1)N1CCC(c2cnn(C)c2)C1.I. The fourth-order valence-corrected chi connectivity index (χ4v) is 4.09. The van der Waals surface area contributed by atoms with Crippen LogP contribution in [-0.2, 0) is 13.6 Å². The third-order valence-electron chi connectivity index (χ3n) is 5.51. The van der Waals surface area contributed by atoms with Gasteiger partial charge >= 0.3 is 0 Å². The van der Waals surface area contributed by atoms with Crippen LogP contribution in [0.3, 0.4) is 0 Å². The molecule has 1 aliphatic rings. The Kier molecular flexibility index (Phi) is 7.77. The number of likely N-dealkylation sites (tertiary alicyclic amines) is 1. The molecule has 0 saturated carbocycles. The molecule has 2 heterocycles. The Bertz CT molecular complexity index is 999. The van der Waals surface area contributed by atoms with Crippen molar-refractivity contribution in [2.45, 2.75) is 18.9 Å². The molecule has 1 aromatic heterocycles. The van der Waals surface area contributed by atoms with E-state index >= 15 is 0 Å². The Morgan fingerprint density at radius 2 is 1.97 bits per heavy atom. The number of aryl methyl sites for hydroxylation is 1. The summed E-state index contributed by atoms with van der Waals surface area (Å²) in [5.41, 5.74) is 4.92. The Morgan fingerprint density at radius 1 is 1.20 bits per heavy atom. The highest BCUT2D eigenvalue weighted by molar-refractivity contribution is 14.0. The van der Waals surface area contributed by atoms with E-state index in [0.717, 1.165) is 37.0 Å². The van der Waals surface area contributed by atoms with Crippen molar-refractivity contribution in [3.63, 3.8) is 0 Å². The number of aliphatic imine (C=N–C) groups is 1. The number of nitrogens with one attached hydrogen (secondary N) is 1. The number of guanidine groups is 1. The van der Waals surface area contributed by atoms with Gasteiger partial charge in [0.2, 0.25) is 0 Å². The van der Waals surface area contributed by atoms with Gasteiger partial charge in [-0.1, -0.05) is 48.0 Å². The number of halogens is 2. The lowest BCUT2D eigenvalue weighted by Gasteiger charge is -2.22. The average Bonchev–Trinajstić information content (AvgIpc) is 3.39. The first-order valence-corrected chi connectivity index (χ1v) is 10.3. The molecule has 2 aromatic carbocycles. The summed E-state index contributed by atoms with van der Waals surface area (Å²) < 4.78 is 1.87. The summed E-state index contributed by atoms with van der Waals surface area (Å²) in [5, 5.41) is 8.62. The molecule has 7 heteroatoms. The Balaban J connectivity index is 0.00000256. The van der Waals surface area contributed by atoms with Gasteiger partial charge in [0, 0.05) is 50.9 Å². The van der Waals surface area contributed by atoms with Gasteiger partial charge in [0.05, 0.1) is 6.20 Å². The fraction of sp³-hybridized carbons (Fsp3) is 0.304. The molecular weight excluding hydrogens is 509 g/mol. The van der Waals surface area contributed by atoms with Gasteiger partial charge in [-0.2, -0.15) is 5.10 Å². The van der Waals surface area contributed by atoms with Gasteiger partial charge in [-0.3, -0.25) is 9.67 Å². The van der Waals surface area contributed by atoms with Gasteiger partial charge in [-0.05, 0) is 40.8 Å². The minimum absolute atomic E-state index is 0. The standard InChI is InChI=1S/C23H26ClN5.HI/c1-25-23(29-12-11-19(16-29)20-14-27-28(2)15-20)26-13-18-5-3-4-6-22(18)17-7-9-21(24)10-8-17;/h3-10,14-15,19H,11-13,16H2,1-2H3,(H,25,26);1H. The van der Waals surface area contributed by atoms with Crippen LogP contribution in [0.4, 0.5) is 0 Å². The molecule has 0 aliphatic carbocycles. The first kappa shape index (κ1) is 22.6. The smallest absolute Gasteiger partial charge is 0.193 e. The maximum atomic E-state index is 6.05. The Morgan fingerprint density at radius 3 is 2.67 bits per heavy atom. The maximum absolute atomic E-state index is 6.05. The summed E-state index contributed by atoms with van der Waals surface area (Å²) >= 11 is 6.05. The Hall–Kier alpha value is -2.06. The van der Waals surface area contributed by atoms with Gasteiger partial charge in [-0.15, -0.1) is 24.0 Å². The van der Waals surface area contributed by atoms with Crippen LogP contribution in [0.1, 0.15) is 23.5 Å². The van der Waals surface area contributed by atoms with Gasteiger partial charge in [0.1, 0.15) is 0 Å². The minimum Gasteiger partial charge on any atom is -0.352 e. The molecule has 1 N–H and O–H groups in total. The van der Waals surface area contributed by atoms with E-state index in [0.29, 0.717) is 5.92 Å². The predicted molar refractivity (Wildman–Crippen MR) is 135 cm³/mol. The van der Waals surface area contributed by atoms with Crippen LogP contribution in [0.15, 0.2) is 65.9 Å². The molecule has 1 aliphatic heterocycles. The van der Waals surface area contributed by atoms with Crippen molar-refractivity contribution >= 4 is 41.5 Å². The average molecular weight is 536 g/mol. The molecule has 0 bridgehead atoms. The van der Waals surface area contributed by atoms with E-state index in [-0.39, 0.29) is 24.0 Å². The molecule has 1 atom stereocenters. The molecular formula is C23H27ClIN5. The van der Waals surface area contributed by atoms with E-state index in [9.17, 15) is 0 Å². The quantitative estimate of drug-likeness (QED) is 0.293. The zero-order chi connectivity index (χ0) is 20.2. The van der Waals surface area contributed by atoms with Crippen molar-refractivity contribution in [3.05, 3.63) is 77.1 Å². The lowest BCUT2D eigenvalue weighted by atomic mass is 10.00. The molecule has 1 fully saturated rings. The summed E-state index contributed by atoms with van der Waals surface area (Å²) in [5.74, 6) is 1.45. The van der Waals surface area contributed by atoms with Crippen LogP contribution < -0.4 is 5.32 Å². The van der Waals surface area contributed by atoms with Crippen molar-refractivity contribution < 1.29 is 0 Å². The van der Waals surface area contributed by atoms with Crippen molar-refractivity contribution in [1.29, 1.82) is 0 Å². The number of nitrogens with zero attached hydrogens (tertiary/aromatic N) is 4. The minimum atomic E-state index is 0. The highest BCUT2D eigenvalue weighted by Gasteiger charge is 2.26. The van der Waals surface area contributed by atoms with E-state index in [1.807, 2.05) is 37.1 Å². The number of aromatic nitrogens is 2. The monoisotopic (exact) mass is 535 g/mol. The lowest BCUT2D eigenvalue weighted by Crippen LogP contribution is -2.39. The first-order valence-electron chi connectivity index (χ1n) is 9.92. The van der Waals surface area contributed by atoms with E-state index < -0.39 is 0 Å². The van der Waals surface area contributed by atoms with Crippen LogP contribution in [0.25, 0.3) is 11.1 Å². The molecule has 158 valence electrons. The third-order valence-corrected chi connectivity index (χ3v) is 5.76. The molecule has 0 amide bonds. The predicted octanol–water partition coefficient (Wildman–Crippen LogP) is 4.92. The second kappa shape index (κ2) is 10.3. The van der Waals surface area contributed by atoms with Crippen LogP contribution in [0.2, 0.25) is 5.02 Å². The maximum Gasteiger partial charge on any atom is 0.193 e. The van der Waals surface area contributed by atoms with Gasteiger partial charge in [-0.25, -0.2) is 0 Å². The highest BCUT2D eigenvalue weighted by atomic mass is 127. The number of hydrogen-bond donors (Lipinski definition) is 1. The number of hydrogen-bond acceptors (Lipinski definition) is 2. The number of benzene rings is 2. The normalized spacial score (nSPS) is 16.4. The summed E-state index contributed by atoms with van der Waals surface area (Å²) in [6, 6.07) is 16.5. The number of rotatable bonds is 4. The fourth-order valence-electron chi connectivity index (χ4n) is 3.97. The summed E-state index contributed by atoms with van der Waals surface area (Å²) in [6.07, 6.45) is 5.22.